The molecule has 31 heavy (non-hydrogen) atoms. The number of hydrogen-bond acceptors (Lipinski definition) is 4. The molecule has 2 rings (SSSR count). The van der Waals surface area contributed by atoms with Crippen molar-refractivity contribution in [3.05, 3.63) is 29.3 Å². The monoisotopic (exact) mass is 546 g/mol. The van der Waals surface area contributed by atoms with Gasteiger partial charge in [-0.25, -0.2) is 0 Å². The first-order valence-corrected chi connectivity index (χ1v) is 11.0. The van der Waals surface area contributed by atoms with Crippen LogP contribution in [0.4, 0.5) is 0 Å². The van der Waals surface area contributed by atoms with Crippen molar-refractivity contribution in [3.8, 4) is 5.75 Å². The minimum atomic E-state index is 0. The minimum absolute atomic E-state index is 0. The van der Waals surface area contributed by atoms with Crippen molar-refractivity contribution in [1.82, 2.24) is 16.0 Å². The highest BCUT2D eigenvalue weighted by molar-refractivity contribution is 14.0. The normalized spacial score (nSPS) is 14.1. The maximum absolute atomic E-state index is 12.0. The van der Waals surface area contributed by atoms with Gasteiger partial charge in [0.25, 0.3) is 0 Å². The Morgan fingerprint density at radius 2 is 1.87 bits per heavy atom. The highest BCUT2D eigenvalue weighted by Gasteiger charge is 2.17. The quantitative estimate of drug-likeness (QED) is 0.162. The number of ether oxygens (including phenoxy) is 2. The van der Waals surface area contributed by atoms with Gasteiger partial charge in [0.2, 0.25) is 5.91 Å². The summed E-state index contributed by atoms with van der Waals surface area (Å²) in [7, 11) is 3.44. The van der Waals surface area contributed by atoms with E-state index < -0.39 is 0 Å². The number of nitrogens with one attached hydrogen (secondary N) is 3. The van der Waals surface area contributed by atoms with Crippen LogP contribution in [0.1, 0.15) is 49.7 Å². The van der Waals surface area contributed by atoms with E-state index in [-0.39, 0.29) is 29.9 Å². The van der Waals surface area contributed by atoms with Crippen molar-refractivity contribution in [2.75, 3.05) is 40.5 Å². The van der Waals surface area contributed by atoms with Crippen LogP contribution in [0, 0.1) is 12.8 Å². The molecule has 7 nitrogen and oxygen atoms in total. The third-order valence-electron chi connectivity index (χ3n) is 5.33. The first-order chi connectivity index (χ1) is 14.6. The summed E-state index contributed by atoms with van der Waals surface area (Å²) in [5.74, 6) is 2.31. The van der Waals surface area contributed by atoms with Crippen LogP contribution in [0.15, 0.2) is 23.2 Å². The molecule has 0 bridgehead atoms. The second-order valence-electron chi connectivity index (χ2n) is 7.86. The molecule has 3 N–H and O–H groups in total. The lowest BCUT2D eigenvalue weighted by Crippen LogP contribution is -2.41. The van der Waals surface area contributed by atoms with Gasteiger partial charge in [0, 0.05) is 58.8 Å². The molecule has 1 amide bonds. The zero-order valence-electron chi connectivity index (χ0n) is 19.2. The Balaban J connectivity index is 0.00000480. The third kappa shape index (κ3) is 11.0. The molecule has 8 heteroatoms. The molecule has 0 radical (unpaired) electrons. The Morgan fingerprint density at radius 1 is 1.13 bits per heavy atom. The Kier molecular flexibility index (Phi) is 14.3. The topological polar surface area (TPSA) is 84.0 Å². The van der Waals surface area contributed by atoms with Gasteiger partial charge in [-0.05, 0) is 37.3 Å². The van der Waals surface area contributed by atoms with Crippen LogP contribution >= 0.6 is 24.0 Å². The number of guanidine groups is 1. The van der Waals surface area contributed by atoms with Gasteiger partial charge in [-0.3, -0.25) is 9.79 Å². The molecule has 1 aliphatic rings. The van der Waals surface area contributed by atoms with E-state index in [9.17, 15) is 4.79 Å². The molecule has 0 saturated heterocycles. The van der Waals surface area contributed by atoms with Gasteiger partial charge < -0.3 is 25.4 Å². The molecule has 0 aliphatic heterocycles. The van der Waals surface area contributed by atoms with Gasteiger partial charge in [-0.15, -0.1) is 24.0 Å². The van der Waals surface area contributed by atoms with Crippen molar-refractivity contribution >= 4 is 35.8 Å². The van der Waals surface area contributed by atoms with E-state index in [4.69, 9.17) is 9.47 Å². The van der Waals surface area contributed by atoms with Crippen molar-refractivity contribution in [1.29, 1.82) is 0 Å². The van der Waals surface area contributed by atoms with Crippen molar-refractivity contribution in [2.24, 2.45) is 10.9 Å². The first-order valence-electron chi connectivity index (χ1n) is 11.0. The predicted molar refractivity (Wildman–Crippen MR) is 136 cm³/mol. The molecular formula is C23H39IN4O3. The number of amides is 1. The lowest BCUT2D eigenvalue weighted by molar-refractivity contribution is -0.121. The molecule has 1 aliphatic carbocycles. The third-order valence-corrected chi connectivity index (χ3v) is 5.33. The van der Waals surface area contributed by atoms with Gasteiger partial charge in [0.1, 0.15) is 5.75 Å². The Labute approximate surface area is 204 Å². The molecule has 0 spiro atoms. The lowest BCUT2D eigenvalue weighted by atomic mass is 10.0. The summed E-state index contributed by atoms with van der Waals surface area (Å²) >= 11 is 0. The van der Waals surface area contributed by atoms with Gasteiger partial charge in [-0.1, -0.05) is 25.0 Å². The molecule has 1 saturated carbocycles. The standard InChI is InChI=1S/C23H38N4O3.HI/c1-18-9-10-20(21(15-18)30-14-6-13-29-3)17-27-23(24-2)26-12-11-25-22(28)16-19-7-4-5-8-19;/h9-10,15,19H,4-8,11-14,16-17H2,1-3H3,(H,25,28)(H2,24,26,27);1H. The molecule has 1 aromatic carbocycles. The number of hydrogen-bond donors (Lipinski definition) is 3. The van der Waals surface area contributed by atoms with E-state index in [2.05, 4.69) is 46.1 Å². The number of rotatable bonds is 12. The molecule has 0 unspecified atom stereocenters. The second kappa shape index (κ2) is 16.1. The minimum Gasteiger partial charge on any atom is -0.493 e. The van der Waals surface area contributed by atoms with Crippen LogP contribution in [0.5, 0.6) is 5.75 Å². The van der Waals surface area contributed by atoms with Crippen LogP contribution in [-0.2, 0) is 16.1 Å². The molecule has 176 valence electrons. The predicted octanol–water partition coefficient (Wildman–Crippen LogP) is 3.39. The summed E-state index contributed by atoms with van der Waals surface area (Å²) in [6, 6.07) is 6.21. The smallest absolute Gasteiger partial charge is 0.220 e. The largest absolute Gasteiger partial charge is 0.493 e. The number of carbonyl (C=O) groups excluding carboxylic acids is 1. The summed E-state index contributed by atoms with van der Waals surface area (Å²) < 4.78 is 11.0. The molecule has 0 aromatic heterocycles. The van der Waals surface area contributed by atoms with E-state index >= 15 is 0 Å². The van der Waals surface area contributed by atoms with Crippen molar-refractivity contribution in [3.63, 3.8) is 0 Å². The number of aliphatic imine (C=N–C) groups is 1. The highest BCUT2D eigenvalue weighted by atomic mass is 127. The van der Waals surface area contributed by atoms with Crippen LogP contribution in [-0.4, -0.2) is 52.3 Å². The Bertz CT molecular complexity index is 679. The fourth-order valence-corrected chi connectivity index (χ4v) is 3.66. The highest BCUT2D eigenvalue weighted by Crippen LogP contribution is 2.27. The van der Waals surface area contributed by atoms with Gasteiger partial charge >= 0.3 is 0 Å². The van der Waals surface area contributed by atoms with Crippen LogP contribution < -0.4 is 20.7 Å². The number of halogens is 1. The molecule has 0 heterocycles. The summed E-state index contributed by atoms with van der Waals surface area (Å²) in [6.07, 6.45) is 6.43. The fraction of sp³-hybridized carbons (Fsp3) is 0.652. The maximum Gasteiger partial charge on any atom is 0.220 e. The SMILES string of the molecule is CN=C(NCCNC(=O)CC1CCCC1)NCc1ccc(C)cc1OCCCOC.I. The van der Waals surface area contributed by atoms with Crippen molar-refractivity contribution in [2.45, 2.75) is 52.0 Å². The molecule has 1 fully saturated rings. The van der Waals surface area contributed by atoms with Crippen LogP contribution in [0.25, 0.3) is 0 Å². The number of carbonyl (C=O) groups is 1. The fourth-order valence-electron chi connectivity index (χ4n) is 3.66. The van der Waals surface area contributed by atoms with Gasteiger partial charge in [0.05, 0.1) is 6.61 Å². The zero-order chi connectivity index (χ0) is 21.6. The lowest BCUT2D eigenvalue weighted by Gasteiger charge is -2.16. The second-order valence-corrected chi connectivity index (χ2v) is 7.86. The molecular weight excluding hydrogens is 507 g/mol. The zero-order valence-corrected chi connectivity index (χ0v) is 21.5. The van der Waals surface area contributed by atoms with Crippen LogP contribution in [0.2, 0.25) is 0 Å². The number of aryl methyl sites for hydroxylation is 1. The van der Waals surface area contributed by atoms with Gasteiger partial charge in [0.15, 0.2) is 5.96 Å². The summed E-state index contributed by atoms with van der Waals surface area (Å²) in [6.45, 7) is 5.19. The van der Waals surface area contributed by atoms with Crippen molar-refractivity contribution < 1.29 is 14.3 Å². The van der Waals surface area contributed by atoms with Gasteiger partial charge in [-0.2, -0.15) is 0 Å². The maximum atomic E-state index is 12.0. The summed E-state index contributed by atoms with van der Waals surface area (Å²) in [4.78, 5) is 16.3. The number of nitrogens with zero attached hydrogens (tertiary/aromatic N) is 1. The van der Waals surface area contributed by atoms with E-state index in [1.165, 1.54) is 25.7 Å². The number of benzene rings is 1. The summed E-state index contributed by atoms with van der Waals surface area (Å²) in [5, 5.41) is 9.56. The average Bonchev–Trinajstić information content (AvgIpc) is 3.24. The molecule has 0 atom stereocenters. The van der Waals surface area contributed by atoms with E-state index in [1.54, 1.807) is 14.2 Å². The Hall–Kier alpha value is -1.55. The number of methoxy groups -OCH3 is 1. The van der Waals surface area contributed by atoms with E-state index in [0.717, 1.165) is 23.3 Å². The first kappa shape index (κ1) is 27.5. The van der Waals surface area contributed by atoms with E-state index in [0.29, 0.717) is 51.1 Å². The average molecular weight is 546 g/mol. The molecule has 1 aromatic rings. The summed E-state index contributed by atoms with van der Waals surface area (Å²) in [5.41, 5.74) is 2.24. The Morgan fingerprint density at radius 3 is 2.58 bits per heavy atom. The van der Waals surface area contributed by atoms with E-state index in [1.807, 2.05) is 0 Å². The van der Waals surface area contributed by atoms with Crippen LogP contribution in [0.3, 0.4) is 0 Å².